The van der Waals surface area contributed by atoms with Crippen LogP contribution in [-0.2, 0) is 44.9 Å². The Morgan fingerprint density at radius 3 is 2.05 bits per heavy atom. The summed E-state index contributed by atoms with van der Waals surface area (Å²) in [7, 11) is 1.40. The third kappa shape index (κ3) is 12.9. The number of thioether (sulfide) groups is 1. The van der Waals surface area contributed by atoms with Crippen LogP contribution >= 0.6 is 11.8 Å². The molecular weight excluding hydrogens is 815 g/mol. The minimum absolute atomic E-state index is 0.00430. The monoisotopic (exact) mass is 855 g/mol. The zero-order chi connectivity index (χ0) is 44.1. The number of nitrogens with one attached hydrogen (secondary N) is 6. The number of H-pyrrole nitrogens is 1. The summed E-state index contributed by atoms with van der Waals surface area (Å²) in [4.78, 5) is 138. The van der Waals surface area contributed by atoms with E-state index >= 15 is 0 Å². The number of likely N-dealkylation sites (tertiary alicyclic amines) is 1. The van der Waals surface area contributed by atoms with Crippen LogP contribution in [0.25, 0.3) is 11.2 Å². The van der Waals surface area contributed by atoms with E-state index in [0.717, 1.165) is 16.7 Å². The topological polar surface area (TPSA) is 375 Å². The number of carbonyl (C=O) groups excluding carboxylic acids is 6. The molecule has 3 heterocycles. The van der Waals surface area contributed by atoms with Gasteiger partial charge in [0, 0.05) is 56.3 Å². The van der Waals surface area contributed by atoms with Gasteiger partial charge in [-0.05, 0) is 37.1 Å². The van der Waals surface area contributed by atoms with Gasteiger partial charge in [-0.3, -0.25) is 43.4 Å². The lowest BCUT2D eigenvalue weighted by Crippen LogP contribution is -2.45. The first-order valence-corrected chi connectivity index (χ1v) is 19.1. The van der Waals surface area contributed by atoms with E-state index in [1.165, 1.54) is 37.5 Å². The Morgan fingerprint density at radius 1 is 0.850 bits per heavy atom. The zero-order valence-corrected chi connectivity index (χ0v) is 32.6. The molecule has 1 aliphatic rings. The molecule has 0 spiro atoms. The summed E-state index contributed by atoms with van der Waals surface area (Å²) in [5.41, 5.74) is 6.04. The van der Waals surface area contributed by atoms with E-state index in [1.807, 2.05) is 0 Å². The summed E-state index contributed by atoms with van der Waals surface area (Å²) in [6.07, 6.45) is -0.923. The Morgan fingerprint density at radius 2 is 1.45 bits per heavy atom. The summed E-state index contributed by atoms with van der Waals surface area (Å²) >= 11 is 0.824. The van der Waals surface area contributed by atoms with Crippen molar-refractivity contribution in [2.45, 2.75) is 68.4 Å². The molecule has 320 valence electrons. The number of aliphatic carboxylic acids is 3. The number of carbonyl (C=O) groups is 9. The molecular formula is C35H41N11O13S. The molecule has 24 nitrogen and oxygen atoms in total. The number of fused-ring (bicyclic) bond motifs is 1. The number of carboxylic acid groups (broad SMARTS) is 3. The lowest BCUT2D eigenvalue weighted by atomic mass is 10.1. The normalized spacial score (nSPS) is 15.1. The third-order valence-corrected chi connectivity index (χ3v) is 10.1. The number of nitrogens with two attached hydrogens (primary N) is 1. The molecule has 1 aliphatic heterocycles. The van der Waals surface area contributed by atoms with Gasteiger partial charge in [0.2, 0.25) is 35.5 Å². The number of nitrogens with zero attached hydrogens (tertiary/aromatic N) is 4. The van der Waals surface area contributed by atoms with E-state index < -0.39 is 102 Å². The van der Waals surface area contributed by atoms with Crippen LogP contribution in [-0.4, -0.2) is 136 Å². The van der Waals surface area contributed by atoms with E-state index in [4.69, 9.17) is 5.73 Å². The maximum atomic E-state index is 12.9. The number of imide groups is 1. The number of carboxylic acids is 3. The number of rotatable bonds is 22. The minimum Gasteiger partial charge on any atom is -0.480 e. The SMILES string of the molecule is CNC(=O)CCN1C(=O)CC(SCC(NC(=O)CCC(NC(=O)CCC(NC(=O)c2ccc(NCc3cnc4nc(N)[nH]c(=O)c4n3)cc2)C(=O)O)C(=O)O)C(=O)O)C1=O. The van der Waals surface area contributed by atoms with Gasteiger partial charge >= 0.3 is 17.9 Å². The Hall–Kier alpha value is -7.18. The number of hydrogen-bond donors (Lipinski definition) is 10. The van der Waals surface area contributed by atoms with Crippen LogP contribution in [0.2, 0.25) is 0 Å². The Labute approximate surface area is 342 Å². The molecule has 2 aromatic heterocycles. The van der Waals surface area contributed by atoms with Crippen LogP contribution in [0.5, 0.6) is 0 Å². The highest BCUT2D eigenvalue weighted by Gasteiger charge is 2.39. The largest absolute Gasteiger partial charge is 0.480 e. The highest BCUT2D eigenvalue weighted by molar-refractivity contribution is 8.00. The van der Waals surface area contributed by atoms with Gasteiger partial charge in [0.15, 0.2) is 11.2 Å². The first kappa shape index (κ1) is 45.5. The molecule has 0 radical (unpaired) electrons. The molecule has 11 N–H and O–H groups in total. The minimum atomic E-state index is -1.62. The summed E-state index contributed by atoms with van der Waals surface area (Å²) in [6, 6.07) is 1.17. The standard InChI is InChI=1S/C35H41N11O13S/c1-37-23(47)10-11-46-26(50)12-22(31(46)53)60-15-21(34(58)59)42-25(49)8-6-19(32(54)55)41-24(48)9-7-20(33(56)57)43-29(51)16-2-4-17(5-3-16)38-13-18-14-39-28-27(40-18)30(52)45-35(36)44-28/h2-5,14,19-22,38H,6-13,15H2,1H3,(H,37,47)(H,41,48)(H,42,49)(H,43,51)(H,54,55)(H,56,57)(H,58,59)(H3,36,39,44,45,52). The smallest absolute Gasteiger partial charge is 0.327 e. The molecule has 4 unspecified atom stereocenters. The van der Waals surface area contributed by atoms with Gasteiger partial charge in [-0.25, -0.2) is 24.4 Å². The number of benzene rings is 1. The van der Waals surface area contributed by atoms with Gasteiger partial charge in [0.25, 0.3) is 11.5 Å². The Balaban J connectivity index is 1.21. The van der Waals surface area contributed by atoms with Crippen molar-refractivity contribution in [3.8, 4) is 0 Å². The molecule has 0 bridgehead atoms. The number of hydrogen-bond acceptors (Lipinski definition) is 16. The van der Waals surface area contributed by atoms with Crippen molar-refractivity contribution in [3.63, 3.8) is 0 Å². The van der Waals surface area contributed by atoms with Gasteiger partial charge in [0.1, 0.15) is 18.1 Å². The predicted molar refractivity (Wildman–Crippen MR) is 209 cm³/mol. The maximum Gasteiger partial charge on any atom is 0.327 e. The number of aromatic nitrogens is 4. The van der Waals surface area contributed by atoms with E-state index in [1.54, 1.807) is 0 Å². The van der Waals surface area contributed by atoms with E-state index in [2.05, 4.69) is 46.5 Å². The summed E-state index contributed by atoms with van der Waals surface area (Å²) < 4.78 is 0. The molecule has 0 aliphatic carbocycles. The van der Waals surface area contributed by atoms with Crippen LogP contribution in [0.4, 0.5) is 11.6 Å². The number of anilines is 2. The number of amides is 6. The quantitative estimate of drug-likeness (QED) is 0.0479. The molecule has 4 atom stereocenters. The molecule has 1 saturated heterocycles. The second kappa shape index (κ2) is 21.0. The van der Waals surface area contributed by atoms with Gasteiger partial charge in [0.05, 0.1) is 23.7 Å². The van der Waals surface area contributed by atoms with Crippen LogP contribution in [0, 0.1) is 0 Å². The first-order valence-electron chi connectivity index (χ1n) is 18.0. The van der Waals surface area contributed by atoms with Gasteiger partial charge < -0.3 is 47.6 Å². The number of aromatic amines is 1. The molecule has 0 saturated carbocycles. The van der Waals surface area contributed by atoms with E-state index in [0.29, 0.717) is 11.4 Å². The van der Waals surface area contributed by atoms with E-state index in [9.17, 15) is 63.3 Å². The van der Waals surface area contributed by atoms with Crippen molar-refractivity contribution in [2.75, 3.05) is 30.4 Å². The molecule has 6 amide bonds. The molecule has 60 heavy (non-hydrogen) atoms. The van der Waals surface area contributed by atoms with Crippen molar-refractivity contribution < 1.29 is 58.5 Å². The van der Waals surface area contributed by atoms with E-state index in [-0.39, 0.29) is 60.3 Å². The summed E-state index contributed by atoms with van der Waals surface area (Å²) in [5.74, 6) is -8.97. The first-order chi connectivity index (χ1) is 28.4. The summed E-state index contributed by atoms with van der Waals surface area (Å²) in [6.45, 7) is -0.00351. The molecule has 4 rings (SSSR count). The fourth-order valence-electron chi connectivity index (χ4n) is 5.57. The summed E-state index contributed by atoms with van der Waals surface area (Å²) in [5, 5.41) is 40.1. The average molecular weight is 856 g/mol. The van der Waals surface area contributed by atoms with Gasteiger partial charge in [-0.1, -0.05) is 0 Å². The molecule has 3 aromatic rings. The third-order valence-electron chi connectivity index (χ3n) is 8.80. The molecule has 1 fully saturated rings. The van der Waals surface area contributed by atoms with Crippen LogP contribution in [0.3, 0.4) is 0 Å². The van der Waals surface area contributed by atoms with Gasteiger partial charge in [-0.15, -0.1) is 11.8 Å². The van der Waals surface area contributed by atoms with Gasteiger partial charge in [-0.2, -0.15) is 4.98 Å². The maximum absolute atomic E-state index is 12.9. The predicted octanol–water partition coefficient (Wildman–Crippen LogP) is -2.21. The molecule has 1 aromatic carbocycles. The molecule has 25 heteroatoms. The fraction of sp³-hybridized carbons (Fsp3) is 0.400. The van der Waals surface area contributed by atoms with Crippen LogP contribution in [0.15, 0.2) is 35.3 Å². The highest BCUT2D eigenvalue weighted by Crippen LogP contribution is 2.26. The van der Waals surface area contributed by atoms with Crippen molar-refractivity contribution in [1.29, 1.82) is 0 Å². The lowest BCUT2D eigenvalue weighted by molar-refractivity contribution is -0.143. The van der Waals surface area contributed by atoms with Crippen molar-refractivity contribution in [3.05, 3.63) is 52.1 Å². The average Bonchev–Trinajstić information content (AvgIpc) is 3.48. The Bertz CT molecular complexity index is 2220. The number of nitrogen functional groups attached to an aromatic ring is 1. The fourth-order valence-corrected chi connectivity index (χ4v) is 6.75. The second-order valence-electron chi connectivity index (χ2n) is 13.1. The highest BCUT2D eigenvalue weighted by atomic mass is 32.2. The Kier molecular flexibility index (Phi) is 15.9. The lowest BCUT2D eigenvalue weighted by Gasteiger charge is -2.18. The van der Waals surface area contributed by atoms with Crippen molar-refractivity contribution >= 4 is 87.9 Å². The van der Waals surface area contributed by atoms with Crippen molar-refractivity contribution in [2.24, 2.45) is 0 Å². The van der Waals surface area contributed by atoms with Crippen LogP contribution < -0.4 is 37.9 Å². The second-order valence-corrected chi connectivity index (χ2v) is 14.3. The van der Waals surface area contributed by atoms with Crippen LogP contribution in [0.1, 0.15) is 54.6 Å². The zero-order valence-electron chi connectivity index (χ0n) is 31.8. The van der Waals surface area contributed by atoms with Crippen molar-refractivity contribution in [1.82, 2.24) is 46.1 Å².